The highest BCUT2D eigenvalue weighted by atomic mass is 35.5. The smallest absolute Gasteiger partial charge is 0.267 e. The number of amides is 1. The normalized spacial score (nSPS) is 11.2. The molecule has 0 atom stereocenters. The Hall–Kier alpha value is -3.23. The fourth-order valence-electron chi connectivity index (χ4n) is 2.62. The zero-order chi connectivity index (χ0) is 18.4. The lowest BCUT2D eigenvalue weighted by molar-refractivity contribution is -0.112. The summed E-state index contributed by atoms with van der Waals surface area (Å²) in [7, 11) is 0. The van der Waals surface area contributed by atoms with Crippen molar-refractivity contribution in [3.8, 4) is 6.07 Å². The third-order valence-corrected chi connectivity index (χ3v) is 4.28. The lowest BCUT2D eigenvalue weighted by Crippen LogP contribution is -2.18. The second-order valence-electron chi connectivity index (χ2n) is 5.67. The molecule has 0 aliphatic rings. The number of aromatic amines is 1. The number of hydrogen-bond acceptors (Lipinski definition) is 3. The first-order chi connectivity index (χ1) is 12.7. The maximum Gasteiger partial charge on any atom is 0.267 e. The molecule has 0 spiro atoms. The van der Waals surface area contributed by atoms with E-state index < -0.39 is 5.91 Å². The molecular formula is C20H17ClN4O. The van der Waals surface area contributed by atoms with Crippen LogP contribution in [-0.4, -0.2) is 17.4 Å². The molecular weight excluding hydrogens is 348 g/mol. The van der Waals surface area contributed by atoms with Gasteiger partial charge in [0, 0.05) is 29.8 Å². The van der Waals surface area contributed by atoms with Crippen LogP contribution in [0.3, 0.4) is 0 Å². The first-order valence-electron chi connectivity index (χ1n) is 8.13. The molecule has 1 heterocycles. The molecule has 0 radical (unpaired) electrons. The molecule has 6 heteroatoms. The van der Waals surface area contributed by atoms with Crippen molar-refractivity contribution >= 4 is 34.1 Å². The molecule has 130 valence electrons. The maximum absolute atomic E-state index is 12.2. The molecule has 3 aromatic rings. The second-order valence-corrected chi connectivity index (χ2v) is 6.07. The SMILES string of the molecule is N#C/C(=C/NCCc1c[nH]c2ccccc12)C(=O)Nc1ccccc1Cl. The number of nitriles is 1. The average Bonchev–Trinajstić information content (AvgIpc) is 3.07. The third kappa shape index (κ3) is 4.05. The second kappa shape index (κ2) is 8.24. The summed E-state index contributed by atoms with van der Waals surface area (Å²) in [6, 6.07) is 16.9. The lowest BCUT2D eigenvalue weighted by Gasteiger charge is -2.06. The highest BCUT2D eigenvalue weighted by Gasteiger charge is 2.10. The highest BCUT2D eigenvalue weighted by Crippen LogP contribution is 2.21. The van der Waals surface area contributed by atoms with Gasteiger partial charge in [0.2, 0.25) is 0 Å². The van der Waals surface area contributed by atoms with E-state index in [0.717, 1.165) is 11.9 Å². The first kappa shape index (κ1) is 17.6. The van der Waals surface area contributed by atoms with Crippen molar-refractivity contribution < 1.29 is 4.79 Å². The summed E-state index contributed by atoms with van der Waals surface area (Å²) >= 11 is 6.01. The van der Waals surface area contributed by atoms with Crippen molar-refractivity contribution in [3.63, 3.8) is 0 Å². The summed E-state index contributed by atoms with van der Waals surface area (Å²) in [5.41, 5.74) is 2.73. The minimum atomic E-state index is -0.500. The molecule has 0 aliphatic heterocycles. The predicted octanol–water partition coefficient (Wildman–Crippen LogP) is 4.00. The summed E-state index contributed by atoms with van der Waals surface area (Å²) in [4.78, 5) is 15.4. The molecule has 0 saturated heterocycles. The molecule has 0 bridgehead atoms. The topological polar surface area (TPSA) is 80.7 Å². The number of rotatable bonds is 6. The van der Waals surface area contributed by atoms with Crippen LogP contribution in [0.1, 0.15) is 5.56 Å². The van der Waals surface area contributed by atoms with Crippen LogP contribution < -0.4 is 10.6 Å². The van der Waals surface area contributed by atoms with Gasteiger partial charge >= 0.3 is 0 Å². The lowest BCUT2D eigenvalue weighted by atomic mass is 10.1. The number of H-pyrrole nitrogens is 1. The molecule has 1 aromatic heterocycles. The molecule has 3 N–H and O–H groups in total. The van der Waals surface area contributed by atoms with Crippen LogP contribution in [-0.2, 0) is 11.2 Å². The third-order valence-electron chi connectivity index (χ3n) is 3.95. The van der Waals surface area contributed by atoms with Crippen molar-refractivity contribution in [2.75, 3.05) is 11.9 Å². The zero-order valence-electron chi connectivity index (χ0n) is 13.9. The summed E-state index contributed by atoms with van der Waals surface area (Å²) in [5.74, 6) is -0.500. The molecule has 26 heavy (non-hydrogen) atoms. The van der Waals surface area contributed by atoms with Crippen molar-refractivity contribution in [1.82, 2.24) is 10.3 Å². The van der Waals surface area contributed by atoms with E-state index in [1.807, 2.05) is 30.5 Å². The largest absolute Gasteiger partial charge is 0.389 e. The Morgan fingerprint density at radius 3 is 2.77 bits per heavy atom. The van der Waals surface area contributed by atoms with E-state index in [9.17, 15) is 10.1 Å². The van der Waals surface area contributed by atoms with Crippen molar-refractivity contribution in [1.29, 1.82) is 5.26 Å². The van der Waals surface area contributed by atoms with Gasteiger partial charge in [0.05, 0.1) is 10.7 Å². The van der Waals surface area contributed by atoms with Gasteiger partial charge in [0.25, 0.3) is 5.91 Å². The average molecular weight is 365 g/mol. The summed E-state index contributed by atoms with van der Waals surface area (Å²) in [6.45, 7) is 0.604. The summed E-state index contributed by atoms with van der Waals surface area (Å²) in [6.07, 6.45) is 4.18. The zero-order valence-corrected chi connectivity index (χ0v) is 14.7. The van der Waals surface area contributed by atoms with E-state index >= 15 is 0 Å². The number of nitrogens with one attached hydrogen (secondary N) is 3. The van der Waals surface area contributed by atoms with Gasteiger partial charge in [0.1, 0.15) is 11.6 Å². The Labute approximate surface area is 156 Å². The predicted molar refractivity (Wildman–Crippen MR) is 104 cm³/mol. The van der Waals surface area contributed by atoms with Crippen LogP contribution >= 0.6 is 11.6 Å². The van der Waals surface area contributed by atoms with Crippen LogP contribution in [0.5, 0.6) is 0 Å². The number of fused-ring (bicyclic) bond motifs is 1. The number of carbonyl (C=O) groups is 1. The molecule has 0 saturated carbocycles. The summed E-state index contributed by atoms with van der Waals surface area (Å²) < 4.78 is 0. The number of hydrogen-bond donors (Lipinski definition) is 3. The molecule has 5 nitrogen and oxygen atoms in total. The molecule has 2 aromatic carbocycles. The Bertz CT molecular complexity index is 1000. The van der Waals surface area contributed by atoms with Gasteiger partial charge in [-0.05, 0) is 30.2 Å². The van der Waals surface area contributed by atoms with Gasteiger partial charge in [-0.2, -0.15) is 5.26 Å². The number of para-hydroxylation sites is 2. The monoisotopic (exact) mass is 364 g/mol. The first-order valence-corrected chi connectivity index (χ1v) is 8.51. The number of halogens is 1. The highest BCUT2D eigenvalue weighted by molar-refractivity contribution is 6.33. The van der Waals surface area contributed by atoms with Crippen LogP contribution in [0.4, 0.5) is 5.69 Å². The summed E-state index contributed by atoms with van der Waals surface area (Å²) in [5, 5.41) is 16.5. The van der Waals surface area contributed by atoms with Crippen molar-refractivity contribution in [2.45, 2.75) is 6.42 Å². The van der Waals surface area contributed by atoms with Gasteiger partial charge in [-0.15, -0.1) is 0 Å². The van der Waals surface area contributed by atoms with Crippen molar-refractivity contribution in [3.05, 3.63) is 77.1 Å². The van der Waals surface area contributed by atoms with E-state index in [-0.39, 0.29) is 5.57 Å². The van der Waals surface area contributed by atoms with Gasteiger partial charge in [-0.25, -0.2) is 0 Å². The van der Waals surface area contributed by atoms with Gasteiger partial charge in [-0.3, -0.25) is 4.79 Å². The van der Waals surface area contributed by atoms with Crippen LogP contribution in [0.15, 0.2) is 66.5 Å². The Kier molecular flexibility index (Phi) is 5.57. The van der Waals surface area contributed by atoms with Gasteiger partial charge < -0.3 is 15.6 Å². The minimum absolute atomic E-state index is 0.0103. The van der Waals surface area contributed by atoms with Crippen LogP contribution in [0.25, 0.3) is 10.9 Å². The Morgan fingerprint density at radius 2 is 1.96 bits per heavy atom. The minimum Gasteiger partial charge on any atom is -0.389 e. The molecule has 0 fully saturated rings. The van der Waals surface area contributed by atoms with Gasteiger partial charge in [-0.1, -0.05) is 41.9 Å². The standard InChI is InChI=1S/C20H17ClN4O/c21-17-6-2-4-8-19(17)25-20(26)15(11-22)12-23-10-9-14-13-24-18-7-3-1-5-16(14)18/h1-8,12-13,23-24H,9-10H2,(H,25,26)/b15-12-. The quantitative estimate of drug-likeness (QED) is 0.351. The Morgan fingerprint density at radius 1 is 1.19 bits per heavy atom. The van der Waals surface area contributed by atoms with E-state index in [2.05, 4.69) is 21.7 Å². The maximum atomic E-state index is 12.2. The molecule has 1 amide bonds. The van der Waals surface area contributed by atoms with Crippen LogP contribution in [0, 0.1) is 11.3 Å². The van der Waals surface area contributed by atoms with E-state index in [1.54, 1.807) is 24.3 Å². The van der Waals surface area contributed by atoms with Crippen molar-refractivity contribution in [2.24, 2.45) is 0 Å². The number of nitrogens with zero attached hydrogens (tertiary/aromatic N) is 1. The fraction of sp³-hybridized carbons (Fsp3) is 0.100. The van der Waals surface area contributed by atoms with E-state index in [1.165, 1.54) is 17.1 Å². The number of anilines is 1. The Balaban J connectivity index is 1.58. The van der Waals surface area contributed by atoms with Gasteiger partial charge in [0.15, 0.2) is 0 Å². The molecule has 3 rings (SSSR count). The van der Waals surface area contributed by atoms with Crippen LogP contribution in [0.2, 0.25) is 5.02 Å². The fourth-order valence-corrected chi connectivity index (χ4v) is 2.80. The number of carbonyl (C=O) groups excluding carboxylic acids is 1. The molecule has 0 aliphatic carbocycles. The van der Waals surface area contributed by atoms with E-state index in [0.29, 0.717) is 17.3 Å². The molecule has 0 unspecified atom stereocenters. The number of aromatic nitrogens is 1. The van der Waals surface area contributed by atoms with E-state index in [4.69, 9.17) is 11.6 Å². The number of benzene rings is 2.